The van der Waals surface area contributed by atoms with E-state index in [1.165, 1.54) is 12.1 Å². The molecular formula is C35H36ClF2N3O5S. The Morgan fingerprint density at radius 3 is 2.36 bits per heavy atom. The summed E-state index contributed by atoms with van der Waals surface area (Å²) in [5, 5.41) is 0.364. The number of sulfonamides is 1. The highest BCUT2D eigenvalue weighted by Crippen LogP contribution is 2.33. The van der Waals surface area contributed by atoms with E-state index in [2.05, 4.69) is 4.72 Å². The van der Waals surface area contributed by atoms with Gasteiger partial charge in [0.2, 0.25) is 10.0 Å². The fraction of sp³-hybridized carbons (Fsp3) is 0.286. The summed E-state index contributed by atoms with van der Waals surface area (Å²) in [4.78, 5) is 16.2. The van der Waals surface area contributed by atoms with E-state index in [-0.39, 0.29) is 24.6 Å². The zero-order chi connectivity index (χ0) is 33.6. The van der Waals surface area contributed by atoms with E-state index >= 15 is 0 Å². The molecule has 0 radical (unpaired) electrons. The van der Waals surface area contributed by atoms with Crippen LogP contribution in [0.2, 0.25) is 5.02 Å². The second-order valence-electron chi connectivity index (χ2n) is 11.5. The van der Waals surface area contributed by atoms with Gasteiger partial charge in [-0.1, -0.05) is 35.9 Å². The van der Waals surface area contributed by atoms with E-state index in [0.717, 1.165) is 50.2 Å². The van der Waals surface area contributed by atoms with Crippen LogP contribution in [0.15, 0.2) is 78.9 Å². The molecule has 1 N–H and O–H groups in total. The molecule has 5 rings (SSSR count). The van der Waals surface area contributed by atoms with Crippen LogP contribution in [0.4, 0.5) is 20.2 Å². The molecule has 8 nitrogen and oxygen atoms in total. The number of amides is 1. The van der Waals surface area contributed by atoms with Crippen LogP contribution in [0.1, 0.15) is 36.0 Å². The lowest BCUT2D eigenvalue weighted by Crippen LogP contribution is -2.38. The van der Waals surface area contributed by atoms with Crippen molar-refractivity contribution in [2.75, 3.05) is 35.6 Å². The molecule has 1 aliphatic heterocycles. The van der Waals surface area contributed by atoms with Crippen molar-refractivity contribution in [2.24, 2.45) is 0 Å². The molecule has 0 atom stereocenters. The van der Waals surface area contributed by atoms with E-state index in [1.807, 2.05) is 23.1 Å². The van der Waals surface area contributed by atoms with Gasteiger partial charge < -0.3 is 19.3 Å². The molecule has 0 unspecified atom stereocenters. The third-order valence-electron chi connectivity index (χ3n) is 7.81. The van der Waals surface area contributed by atoms with Gasteiger partial charge in [-0.15, -0.1) is 0 Å². The summed E-state index contributed by atoms with van der Waals surface area (Å²) >= 11 is 6.33. The number of rotatable bonds is 12. The topological polar surface area (TPSA) is 88.2 Å². The van der Waals surface area contributed by atoms with Crippen LogP contribution in [0.5, 0.6) is 17.2 Å². The lowest BCUT2D eigenvalue weighted by atomic mass is 10.1. The van der Waals surface area contributed by atoms with E-state index in [4.69, 9.17) is 21.1 Å². The monoisotopic (exact) mass is 683 g/mol. The van der Waals surface area contributed by atoms with E-state index in [1.54, 1.807) is 54.3 Å². The van der Waals surface area contributed by atoms with Crippen molar-refractivity contribution < 1.29 is 31.5 Å². The van der Waals surface area contributed by atoms with Crippen LogP contribution in [0, 0.1) is 18.6 Å². The first-order valence-corrected chi connectivity index (χ1v) is 17.5. The Morgan fingerprint density at radius 2 is 1.66 bits per heavy atom. The van der Waals surface area contributed by atoms with E-state index in [0.29, 0.717) is 45.8 Å². The summed E-state index contributed by atoms with van der Waals surface area (Å²) in [6.45, 7) is 3.57. The minimum atomic E-state index is -3.54. The Morgan fingerprint density at radius 1 is 0.936 bits per heavy atom. The number of halogens is 3. The minimum absolute atomic E-state index is 0.0764. The maximum Gasteiger partial charge on any atom is 0.260 e. The number of hydrogen-bond acceptors (Lipinski definition) is 6. The number of likely N-dealkylation sites (tertiary alicyclic amines) is 1. The molecule has 0 aromatic heterocycles. The molecule has 0 bridgehead atoms. The van der Waals surface area contributed by atoms with Crippen LogP contribution in [0.25, 0.3) is 0 Å². The maximum absolute atomic E-state index is 14.7. The first kappa shape index (κ1) is 34.0. The van der Waals surface area contributed by atoms with Gasteiger partial charge in [-0.25, -0.2) is 17.2 Å². The van der Waals surface area contributed by atoms with Gasteiger partial charge in [0.05, 0.1) is 17.0 Å². The first-order chi connectivity index (χ1) is 22.4. The molecule has 1 amide bonds. The summed E-state index contributed by atoms with van der Waals surface area (Å²) < 4.78 is 66.6. The van der Waals surface area contributed by atoms with Gasteiger partial charge >= 0.3 is 0 Å². The summed E-state index contributed by atoms with van der Waals surface area (Å²) in [7, 11) is -3.54. The lowest BCUT2D eigenvalue weighted by Gasteiger charge is -2.28. The predicted octanol–water partition coefficient (Wildman–Crippen LogP) is 7.69. The number of anilines is 2. The van der Waals surface area contributed by atoms with Crippen molar-refractivity contribution in [3.05, 3.63) is 112 Å². The van der Waals surface area contributed by atoms with Crippen molar-refractivity contribution in [1.29, 1.82) is 0 Å². The number of nitrogens with one attached hydrogen (secondary N) is 1. The molecule has 0 saturated carbocycles. The number of benzene rings is 4. The van der Waals surface area contributed by atoms with Crippen molar-refractivity contribution in [2.45, 2.75) is 39.3 Å². The molecule has 248 valence electrons. The Bertz CT molecular complexity index is 1830. The average Bonchev–Trinajstić information content (AvgIpc) is 3.04. The third kappa shape index (κ3) is 9.36. The zero-order valence-corrected chi connectivity index (χ0v) is 27.7. The SMILES string of the molecule is Cc1c(NS(C)(=O)=O)cccc1N(Cc1ccc(Oc2ccc(Cl)c(OCC(=O)N3CCCCC3)c2)cc1)Cc1ccc(F)cc1F. The van der Waals surface area contributed by atoms with Crippen LogP contribution >= 0.6 is 11.6 Å². The van der Waals surface area contributed by atoms with Gasteiger partial charge in [-0.05, 0) is 79.8 Å². The molecule has 4 aromatic carbocycles. The van der Waals surface area contributed by atoms with Crippen molar-refractivity contribution in [3.63, 3.8) is 0 Å². The van der Waals surface area contributed by atoms with Crippen LogP contribution < -0.4 is 19.1 Å². The van der Waals surface area contributed by atoms with E-state index in [9.17, 15) is 22.0 Å². The quantitative estimate of drug-likeness (QED) is 0.165. The standard InChI is InChI=1S/C35H36ClF2N3O5S/c1-24-32(39-47(2,43)44)7-6-8-33(24)41(22-26-11-12-27(37)19-31(26)38)21-25-9-13-28(14-10-25)46-29-15-16-30(36)34(20-29)45-23-35(42)40-17-4-3-5-18-40/h6-16,19-20,39H,3-5,17-18,21-23H2,1-2H3. The predicted molar refractivity (Wildman–Crippen MR) is 180 cm³/mol. The highest BCUT2D eigenvalue weighted by Gasteiger charge is 2.19. The lowest BCUT2D eigenvalue weighted by molar-refractivity contribution is -0.134. The number of nitrogens with zero attached hydrogens (tertiary/aromatic N) is 2. The Balaban J connectivity index is 1.31. The fourth-order valence-electron chi connectivity index (χ4n) is 5.41. The third-order valence-corrected chi connectivity index (χ3v) is 8.72. The van der Waals surface area contributed by atoms with Crippen LogP contribution in [-0.4, -0.2) is 45.2 Å². The maximum atomic E-state index is 14.7. The second-order valence-corrected chi connectivity index (χ2v) is 13.6. The number of ether oxygens (including phenoxy) is 2. The molecule has 47 heavy (non-hydrogen) atoms. The number of carbonyl (C=O) groups is 1. The van der Waals surface area contributed by atoms with Gasteiger partial charge in [0.1, 0.15) is 28.9 Å². The van der Waals surface area contributed by atoms with Gasteiger partial charge in [-0.2, -0.15) is 0 Å². The summed E-state index contributed by atoms with van der Waals surface area (Å²) in [5.74, 6) is -0.0664. The molecule has 1 heterocycles. The first-order valence-electron chi connectivity index (χ1n) is 15.2. The summed E-state index contributed by atoms with van der Waals surface area (Å²) in [6, 6.07) is 20.9. The highest BCUT2D eigenvalue weighted by molar-refractivity contribution is 7.92. The van der Waals surface area contributed by atoms with Gasteiger partial charge in [-0.3, -0.25) is 9.52 Å². The Kier molecular flexibility index (Phi) is 10.9. The van der Waals surface area contributed by atoms with Crippen LogP contribution in [0.3, 0.4) is 0 Å². The molecular weight excluding hydrogens is 648 g/mol. The summed E-state index contributed by atoms with van der Waals surface area (Å²) in [5.41, 5.74) is 2.87. The zero-order valence-electron chi connectivity index (χ0n) is 26.1. The Hall–Kier alpha value is -4.35. The normalized spacial score (nSPS) is 13.3. The summed E-state index contributed by atoms with van der Waals surface area (Å²) in [6.07, 6.45) is 4.19. The van der Waals surface area contributed by atoms with Crippen molar-refractivity contribution in [1.82, 2.24) is 4.90 Å². The van der Waals surface area contributed by atoms with Crippen molar-refractivity contribution in [3.8, 4) is 17.2 Å². The molecule has 4 aromatic rings. The number of carbonyl (C=O) groups excluding carboxylic acids is 1. The van der Waals surface area contributed by atoms with Gasteiger partial charge in [0.25, 0.3) is 5.91 Å². The fourth-order valence-corrected chi connectivity index (χ4v) is 6.20. The number of piperidine rings is 1. The minimum Gasteiger partial charge on any atom is -0.482 e. The van der Waals surface area contributed by atoms with Gasteiger partial charge in [0, 0.05) is 49.6 Å². The highest BCUT2D eigenvalue weighted by atomic mass is 35.5. The molecule has 0 spiro atoms. The molecule has 1 aliphatic rings. The van der Waals surface area contributed by atoms with Gasteiger partial charge in [0.15, 0.2) is 6.61 Å². The molecule has 12 heteroatoms. The smallest absolute Gasteiger partial charge is 0.260 e. The second kappa shape index (κ2) is 15.0. The van der Waals surface area contributed by atoms with Crippen LogP contribution in [-0.2, 0) is 27.9 Å². The van der Waals surface area contributed by atoms with E-state index < -0.39 is 21.7 Å². The molecule has 1 saturated heterocycles. The Labute approximate surface area is 278 Å². The number of hydrogen-bond donors (Lipinski definition) is 1. The molecule has 0 aliphatic carbocycles. The van der Waals surface area contributed by atoms with Crippen molar-refractivity contribution >= 4 is 38.9 Å². The average molecular weight is 684 g/mol. The molecule has 1 fully saturated rings. The largest absolute Gasteiger partial charge is 0.482 e.